The van der Waals surface area contributed by atoms with Crippen LogP contribution in [0, 0.1) is 5.92 Å². The van der Waals surface area contributed by atoms with Crippen molar-refractivity contribution in [2.45, 2.75) is 52.1 Å². The second-order valence-electron chi connectivity index (χ2n) is 8.10. The third-order valence-electron chi connectivity index (χ3n) is 5.77. The van der Waals surface area contributed by atoms with Crippen molar-refractivity contribution >= 4 is 29.9 Å². The molecule has 178 valence electrons. The lowest BCUT2D eigenvalue weighted by Crippen LogP contribution is -2.49. The number of guanidine groups is 1. The lowest BCUT2D eigenvalue weighted by Gasteiger charge is -2.34. The number of hydrogen-bond acceptors (Lipinski definition) is 5. The molecule has 0 amide bonds. The third-order valence-corrected chi connectivity index (χ3v) is 5.77. The first-order valence-electron chi connectivity index (χ1n) is 11.0. The summed E-state index contributed by atoms with van der Waals surface area (Å²) in [6.07, 6.45) is 5.31. The van der Waals surface area contributed by atoms with Gasteiger partial charge in [-0.15, -0.1) is 24.0 Å². The molecular formula is C23H41IN4O3. The monoisotopic (exact) mass is 548 g/mol. The van der Waals surface area contributed by atoms with Crippen LogP contribution in [0.4, 0.5) is 0 Å². The minimum absolute atomic E-state index is 0. The van der Waals surface area contributed by atoms with Crippen molar-refractivity contribution in [3.63, 3.8) is 0 Å². The van der Waals surface area contributed by atoms with Gasteiger partial charge in [-0.1, -0.05) is 26.7 Å². The zero-order chi connectivity index (χ0) is 21.9. The minimum atomic E-state index is 0. The normalized spacial score (nSPS) is 16.2. The van der Waals surface area contributed by atoms with E-state index < -0.39 is 0 Å². The maximum Gasteiger partial charge on any atom is 0.203 e. The first-order chi connectivity index (χ1) is 14.5. The quantitative estimate of drug-likeness (QED) is 0.277. The molecule has 0 aromatic heterocycles. The molecule has 0 bridgehead atoms. The Morgan fingerprint density at radius 1 is 0.968 bits per heavy atom. The van der Waals surface area contributed by atoms with Crippen LogP contribution in [0.5, 0.6) is 17.2 Å². The van der Waals surface area contributed by atoms with Crippen molar-refractivity contribution in [2.75, 3.05) is 48.0 Å². The molecule has 1 aliphatic rings. The Hall–Kier alpha value is -1.42. The van der Waals surface area contributed by atoms with E-state index in [4.69, 9.17) is 14.2 Å². The Labute approximate surface area is 205 Å². The molecule has 1 atom stereocenters. The number of hydrogen-bond donors (Lipinski definition) is 2. The number of rotatable bonds is 9. The van der Waals surface area contributed by atoms with Crippen molar-refractivity contribution in [2.24, 2.45) is 10.9 Å². The summed E-state index contributed by atoms with van der Waals surface area (Å²) in [6, 6.07) is 4.41. The Bertz CT molecular complexity index is 652. The number of benzene rings is 1. The van der Waals surface area contributed by atoms with E-state index in [9.17, 15) is 0 Å². The Balaban J connectivity index is 0.00000480. The van der Waals surface area contributed by atoms with Gasteiger partial charge in [-0.25, -0.2) is 0 Å². The summed E-state index contributed by atoms with van der Waals surface area (Å²) in [6.45, 7) is 8.50. The number of aliphatic imine (C=N–C) groups is 1. The first-order valence-corrected chi connectivity index (χ1v) is 11.0. The summed E-state index contributed by atoms with van der Waals surface area (Å²) in [5.74, 6) is 3.28. The standard InChI is InChI=1S/C23H40N4O3.HI/c1-17(2)19(27-11-9-7-8-10-12-27)16-26-23(24-3)25-15-18-13-20(28-4)22(30-6)21(14-18)29-5;/h13-14,17,19H,7-12,15-16H2,1-6H3,(H2,24,25,26);1H. The van der Waals surface area contributed by atoms with Gasteiger partial charge in [0.1, 0.15) is 0 Å². The predicted molar refractivity (Wildman–Crippen MR) is 138 cm³/mol. The van der Waals surface area contributed by atoms with Crippen LogP contribution in [0.25, 0.3) is 0 Å². The summed E-state index contributed by atoms with van der Waals surface area (Å²) in [7, 11) is 6.67. The lowest BCUT2D eigenvalue weighted by molar-refractivity contribution is 0.161. The number of nitrogens with one attached hydrogen (secondary N) is 2. The van der Waals surface area contributed by atoms with Gasteiger partial charge in [-0.05, 0) is 49.5 Å². The van der Waals surface area contributed by atoms with E-state index in [1.807, 2.05) is 12.1 Å². The molecule has 1 fully saturated rings. The van der Waals surface area contributed by atoms with Crippen LogP contribution in [-0.2, 0) is 6.54 Å². The fourth-order valence-corrected chi connectivity index (χ4v) is 4.06. The van der Waals surface area contributed by atoms with E-state index in [2.05, 4.69) is 34.4 Å². The zero-order valence-electron chi connectivity index (χ0n) is 20.0. The van der Waals surface area contributed by atoms with Crippen LogP contribution < -0.4 is 24.8 Å². The predicted octanol–water partition coefficient (Wildman–Crippen LogP) is 3.90. The van der Waals surface area contributed by atoms with Crippen molar-refractivity contribution in [3.05, 3.63) is 17.7 Å². The van der Waals surface area contributed by atoms with Crippen molar-refractivity contribution in [3.8, 4) is 17.2 Å². The highest BCUT2D eigenvalue weighted by atomic mass is 127. The van der Waals surface area contributed by atoms with E-state index in [1.165, 1.54) is 38.8 Å². The van der Waals surface area contributed by atoms with Crippen LogP contribution in [-0.4, -0.2) is 64.9 Å². The fourth-order valence-electron chi connectivity index (χ4n) is 4.06. The molecule has 7 nitrogen and oxygen atoms in total. The van der Waals surface area contributed by atoms with Gasteiger partial charge in [0, 0.05) is 26.2 Å². The van der Waals surface area contributed by atoms with E-state index >= 15 is 0 Å². The maximum atomic E-state index is 5.45. The van der Waals surface area contributed by atoms with E-state index in [0.717, 1.165) is 18.1 Å². The van der Waals surface area contributed by atoms with Gasteiger partial charge in [0.25, 0.3) is 0 Å². The highest BCUT2D eigenvalue weighted by Gasteiger charge is 2.23. The molecule has 31 heavy (non-hydrogen) atoms. The SMILES string of the molecule is CN=C(NCc1cc(OC)c(OC)c(OC)c1)NCC(C(C)C)N1CCCCCC1.I. The molecule has 1 heterocycles. The highest BCUT2D eigenvalue weighted by molar-refractivity contribution is 14.0. The van der Waals surface area contributed by atoms with Crippen LogP contribution in [0.1, 0.15) is 45.1 Å². The summed E-state index contributed by atoms with van der Waals surface area (Å²) >= 11 is 0. The topological polar surface area (TPSA) is 67.4 Å². The van der Waals surface area contributed by atoms with Gasteiger partial charge in [0.2, 0.25) is 5.75 Å². The molecule has 1 saturated heterocycles. The van der Waals surface area contributed by atoms with E-state index in [0.29, 0.717) is 35.8 Å². The van der Waals surface area contributed by atoms with Crippen LogP contribution in [0.3, 0.4) is 0 Å². The average Bonchev–Trinajstić information content (AvgIpc) is 3.04. The number of halogens is 1. The van der Waals surface area contributed by atoms with Gasteiger partial charge in [0.15, 0.2) is 17.5 Å². The number of ether oxygens (including phenoxy) is 3. The van der Waals surface area contributed by atoms with Crippen molar-refractivity contribution < 1.29 is 14.2 Å². The molecule has 1 aromatic rings. The smallest absolute Gasteiger partial charge is 0.203 e. The molecule has 8 heteroatoms. The Morgan fingerprint density at radius 2 is 1.55 bits per heavy atom. The maximum absolute atomic E-state index is 5.45. The molecule has 1 aliphatic heterocycles. The van der Waals surface area contributed by atoms with Crippen LogP contribution >= 0.6 is 24.0 Å². The molecule has 0 saturated carbocycles. The van der Waals surface area contributed by atoms with Gasteiger partial charge in [-0.3, -0.25) is 9.89 Å². The largest absolute Gasteiger partial charge is 0.493 e. The van der Waals surface area contributed by atoms with Gasteiger partial charge in [-0.2, -0.15) is 0 Å². The number of methoxy groups -OCH3 is 3. The van der Waals surface area contributed by atoms with Gasteiger partial charge >= 0.3 is 0 Å². The Morgan fingerprint density at radius 3 is 2.00 bits per heavy atom. The molecule has 2 N–H and O–H groups in total. The number of likely N-dealkylation sites (tertiary alicyclic amines) is 1. The fraction of sp³-hybridized carbons (Fsp3) is 0.696. The van der Waals surface area contributed by atoms with Gasteiger partial charge < -0.3 is 24.8 Å². The first kappa shape index (κ1) is 27.6. The minimum Gasteiger partial charge on any atom is -0.493 e. The molecule has 1 unspecified atom stereocenters. The molecule has 0 spiro atoms. The van der Waals surface area contributed by atoms with E-state index in [-0.39, 0.29) is 24.0 Å². The summed E-state index contributed by atoms with van der Waals surface area (Å²) in [5.41, 5.74) is 1.03. The summed E-state index contributed by atoms with van der Waals surface area (Å²) in [5, 5.41) is 6.93. The van der Waals surface area contributed by atoms with E-state index in [1.54, 1.807) is 28.4 Å². The third kappa shape index (κ3) is 8.21. The molecular weight excluding hydrogens is 507 g/mol. The average molecular weight is 549 g/mol. The Kier molecular flexibility index (Phi) is 13.0. The molecule has 0 aliphatic carbocycles. The molecule has 0 radical (unpaired) electrons. The van der Waals surface area contributed by atoms with Gasteiger partial charge in [0.05, 0.1) is 21.3 Å². The zero-order valence-corrected chi connectivity index (χ0v) is 22.3. The van der Waals surface area contributed by atoms with Crippen molar-refractivity contribution in [1.29, 1.82) is 0 Å². The molecule has 2 rings (SSSR count). The molecule has 1 aromatic carbocycles. The second-order valence-corrected chi connectivity index (χ2v) is 8.10. The van der Waals surface area contributed by atoms with Crippen LogP contribution in [0.2, 0.25) is 0 Å². The van der Waals surface area contributed by atoms with Crippen molar-refractivity contribution in [1.82, 2.24) is 15.5 Å². The van der Waals surface area contributed by atoms with Crippen LogP contribution in [0.15, 0.2) is 17.1 Å². The summed E-state index contributed by atoms with van der Waals surface area (Å²) < 4.78 is 16.3. The highest BCUT2D eigenvalue weighted by Crippen LogP contribution is 2.38. The summed E-state index contributed by atoms with van der Waals surface area (Å²) in [4.78, 5) is 7.06. The number of nitrogens with zero attached hydrogens (tertiary/aromatic N) is 2. The lowest BCUT2D eigenvalue weighted by atomic mass is 10.0. The second kappa shape index (κ2) is 14.6.